The van der Waals surface area contributed by atoms with Crippen LogP contribution in [0.25, 0.3) is 0 Å². The van der Waals surface area contributed by atoms with E-state index < -0.39 is 12.1 Å². The lowest BCUT2D eigenvalue weighted by Crippen LogP contribution is -2.50. The molecule has 3 N–H and O–H groups in total. The fourth-order valence-corrected chi connectivity index (χ4v) is 4.23. The molecule has 39 heavy (non-hydrogen) atoms. The lowest BCUT2D eigenvalue weighted by Gasteiger charge is -2.25. The van der Waals surface area contributed by atoms with Crippen LogP contribution in [0.4, 0.5) is 16.2 Å². The monoisotopic (exact) mass is 542 g/mol. The Kier molecular flexibility index (Phi) is 9.68. The fraction of sp³-hybridized carbons (Fsp3) is 0.133. The summed E-state index contributed by atoms with van der Waals surface area (Å²) in [5.41, 5.74) is 2.36. The van der Waals surface area contributed by atoms with E-state index in [0.717, 1.165) is 29.1 Å². The first-order valence-corrected chi connectivity index (χ1v) is 13.1. The highest BCUT2D eigenvalue weighted by atomic mass is 32.2. The van der Waals surface area contributed by atoms with Gasteiger partial charge in [-0.2, -0.15) is 0 Å². The number of methoxy groups -OCH3 is 1. The number of ether oxygens (including phenoxy) is 2. The second-order valence-electron chi connectivity index (χ2n) is 8.56. The molecule has 0 radical (unpaired) electrons. The number of carbonyl (C=O) groups excluding carboxylic acids is 2. The van der Waals surface area contributed by atoms with Crippen molar-refractivity contribution in [3.63, 3.8) is 0 Å². The third-order valence-corrected chi connectivity index (χ3v) is 6.43. The van der Waals surface area contributed by atoms with Crippen molar-refractivity contribution in [1.82, 2.24) is 10.0 Å². The number of benzene rings is 4. The molecule has 0 fully saturated rings. The molecule has 0 unspecified atom stereocenters. The molecule has 200 valence electrons. The van der Waals surface area contributed by atoms with Crippen molar-refractivity contribution >= 4 is 35.4 Å². The summed E-state index contributed by atoms with van der Waals surface area (Å²) in [6, 6.07) is 32.3. The van der Waals surface area contributed by atoms with E-state index in [-0.39, 0.29) is 5.91 Å². The third kappa shape index (κ3) is 8.18. The maximum atomic E-state index is 13.4. The summed E-state index contributed by atoms with van der Waals surface area (Å²) in [5, 5.41) is 2.82. The molecule has 3 amide bonds. The van der Waals surface area contributed by atoms with Gasteiger partial charge in [0.1, 0.15) is 23.3 Å². The predicted octanol–water partition coefficient (Wildman–Crippen LogP) is 6.04. The molecule has 0 saturated carbocycles. The van der Waals surface area contributed by atoms with Crippen LogP contribution < -0.4 is 29.1 Å². The van der Waals surface area contributed by atoms with Gasteiger partial charge in [0.15, 0.2) is 0 Å². The van der Waals surface area contributed by atoms with Gasteiger partial charge in [-0.05, 0) is 54.1 Å². The molecule has 0 bridgehead atoms. The lowest BCUT2D eigenvalue weighted by molar-refractivity contribution is -0.120. The van der Waals surface area contributed by atoms with Gasteiger partial charge in [-0.3, -0.25) is 9.52 Å². The molecule has 4 aromatic rings. The first kappa shape index (κ1) is 27.4. The van der Waals surface area contributed by atoms with Crippen molar-refractivity contribution in [2.45, 2.75) is 12.5 Å². The molecule has 0 aliphatic heterocycles. The zero-order chi connectivity index (χ0) is 27.5. The van der Waals surface area contributed by atoms with Crippen molar-refractivity contribution in [1.29, 1.82) is 0 Å². The summed E-state index contributed by atoms with van der Waals surface area (Å²) in [5.74, 6) is 1.84. The number of para-hydroxylation sites is 1. The van der Waals surface area contributed by atoms with Crippen LogP contribution in [0.3, 0.4) is 0 Å². The molecule has 8 nitrogen and oxygen atoms in total. The molecule has 0 saturated heterocycles. The molecule has 0 spiro atoms. The van der Waals surface area contributed by atoms with Crippen LogP contribution >= 0.6 is 12.1 Å². The van der Waals surface area contributed by atoms with Crippen LogP contribution in [0.2, 0.25) is 0 Å². The van der Waals surface area contributed by atoms with Gasteiger partial charge >= 0.3 is 6.03 Å². The summed E-state index contributed by atoms with van der Waals surface area (Å²) < 4.78 is 16.8. The third-order valence-electron chi connectivity index (χ3n) is 5.80. The van der Waals surface area contributed by atoms with E-state index in [2.05, 4.69) is 14.8 Å². The lowest BCUT2D eigenvalue weighted by atomic mass is 10.0. The molecule has 0 aliphatic carbocycles. The topological polar surface area (TPSA) is 91.9 Å². The van der Waals surface area contributed by atoms with E-state index in [4.69, 9.17) is 9.47 Å². The van der Waals surface area contributed by atoms with Gasteiger partial charge in [0.05, 0.1) is 19.2 Å². The van der Waals surface area contributed by atoms with Gasteiger partial charge in [0.2, 0.25) is 5.91 Å². The molecule has 0 heterocycles. The number of hydrogen-bond acceptors (Lipinski definition) is 6. The van der Waals surface area contributed by atoms with Crippen LogP contribution in [0.15, 0.2) is 109 Å². The van der Waals surface area contributed by atoms with Crippen molar-refractivity contribution in [2.24, 2.45) is 0 Å². The Morgan fingerprint density at radius 2 is 1.49 bits per heavy atom. The van der Waals surface area contributed by atoms with E-state index in [9.17, 15) is 9.59 Å². The highest BCUT2D eigenvalue weighted by molar-refractivity contribution is 7.99. The second-order valence-corrected chi connectivity index (χ2v) is 9.17. The number of rotatable bonds is 11. The Morgan fingerprint density at radius 3 is 2.18 bits per heavy atom. The summed E-state index contributed by atoms with van der Waals surface area (Å²) >= 11 is 0.992. The fourth-order valence-electron chi connectivity index (χ4n) is 3.78. The zero-order valence-electron chi connectivity index (χ0n) is 21.7. The molecule has 4 rings (SSSR count). The number of amides is 3. The Hall–Kier alpha value is -4.63. The molecular formula is C30H30N4O4S. The Morgan fingerprint density at radius 1 is 0.821 bits per heavy atom. The Balaban J connectivity index is 1.36. The number of anilines is 2. The number of nitrogens with one attached hydrogen (secondary N) is 3. The first-order valence-electron chi connectivity index (χ1n) is 12.3. The second kappa shape index (κ2) is 13.8. The minimum atomic E-state index is -0.789. The van der Waals surface area contributed by atoms with Gasteiger partial charge in [-0.15, -0.1) is 0 Å². The quantitative estimate of drug-likeness (QED) is 0.200. The molecule has 1 atom stereocenters. The summed E-state index contributed by atoms with van der Waals surface area (Å²) in [6.07, 6.45) is 0.338. The van der Waals surface area contributed by atoms with Gasteiger partial charge in [-0.25, -0.2) is 4.79 Å². The van der Waals surface area contributed by atoms with E-state index >= 15 is 0 Å². The smallest absolute Gasteiger partial charge is 0.326 e. The highest BCUT2D eigenvalue weighted by Crippen LogP contribution is 2.25. The Labute approximate surface area is 232 Å². The van der Waals surface area contributed by atoms with E-state index in [1.165, 1.54) is 4.90 Å². The van der Waals surface area contributed by atoms with Gasteiger partial charge < -0.3 is 24.4 Å². The van der Waals surface area contributed by atoms with Crippen LogP contribution in [0, 0.1) is 0 Å². The molecule has 9 heteroatoms. The number of hydrogen-bond donors (Lipinski definition) is 3. The van der Waals surface area contributed by atoms with Crippen LogP contribution in [0.5, 0.6) is 17.2 Å². The van der Waals surface area contributed by atoms with Gasteiger partial charge in [0, 0.05) is 30.9 Å². The van der Waals surface area contributed by atoms with Crippen LogP contribution in [0.1, 0.15) is 5.56 Å². The average molecular weight is 543 g/mol. The zero-order valence-corrected chi connectivity index (χ0v) is 22.5. The highest BCUT2D eigenvalue weighted by Gasteiger charge is 2.25. The molecular weight excluding hydrogens is 512 g/mol. The number of urea groups is 1. The maximum absolute atomic E-state index is 13.4. The van der Waals surface area contributed by atoms with Crippen molar-refractivity contribution in [2.75, 3.05) is 23.8 Å². The van der Waals surface area contributed by atoms with Crippen LogP contribution in [-0.2, 0) is 11.2 Å². The van der Waals surface area contributed by atoms with Crippen LogP contribution in [-0.4, -0.2) is 32.1 Å². The minimum absolute atomic E-state index is 0.247. The summed E-state index contributed by atoms with van der Waals surface area (Å²) in [7, 11) is 3.27. The van der Waals surface area contributed by atoms with Gasteiger partial charge in [0.25, 0.3) is 0 Å². The van der Waals surface area contributed by atoms with E-state index in [1.807, 2.05) is 84.9 Å². The standard InChI is InChI=1S/C30H30N4O4S/c1-34(24-16-18-25(37-2)19-17-24)29(35)28(20-22-10-5-3-6-11-22)31-30(36)33-39-32-23-12-9-15-27(21-23)38-26-13-7-4-8-14-26/h3-19,21,28,32H,20H2,1-2H3,(H2,31,33,36)/t28-/m0/s1. The first-order chi connectivity index (χ1) is 19.0. The van der Waals surface area contributed by atoms with E-state index in [0.29, 0.717) is 23.6 Å². The minimum Gasteiger partial charge on any atom is -0.497 e. The molecule has 0 aliphatic rings. The SMILES string of the molecule is COc1ccc(N(C)C(=O)[C@H](Cc2ccccc2)NC(=O)NSNc2cccc(Oc3ccccc3)c2)cc1. The van der Waals surface area contributed by atoms with Crippen molar-refractivity contribution in [3.8, 4) is 17.2 Å². The van der Waals surface area contributed by atoms with Gasteiger partial charge in [-0.1, -0.05) is 54.6 Å². The number of nitrogens with zero attached hydrogens (tertiary/aromatic N) is 1. The largest absolute Gasteiger partial charge is 0.497 e. The molecule has 4 aromatic carbocycles. The summed E-state index contributed by atoms with van der Waals surface area (Å²) in [6.45, 7) is 0. The van der Waals surface area contributed by atoms with E-state index in [1.54, 1.807) is 38.4 Å². The maximum Gasteiger partial charge on any atom is 0.326 e. The summed E-state index contributed by atoms with van der Waals surface area (Å²) in [4.78, 5) is 27.8. The van der Waals surface area contributed by atoms with Crippen molar-refractivity contribution in [3.05, 3.63) is 115 Å². The number of carbonyl (C=O) groups is 2. The number of likely N-dealkylation sites (N-methyl/N-ethyl adjacent to an activating group) is 1. The average Bonchev–Trinajstić information content (AvgIpc) is 2.97. The molecule has 0 aromatic heterocycles. The Bertz CT molecular complexity index is 1350. The van der Waals surface area contributed by atoms with Crippen molar-refractivity contribution < 1.29 is 19.1 Å². The predicted molar refractivity (Wildman–Crippen MR) is 156 cm³/mol. The normalized spacial score (nSPS) is 11.1.